The van der Waals surface area contributed by atoms with Crippen molar-refractivity contribution in [1.82, 2.24) is 20.6 Å². The number of nitrogen functional groups attached to an aromatic ring is 1. The molecule has 43 heavy (non-hydrogen) atoms. The van der Waals surface area contributed by atoms with Crippen molar-refractivity contribution in [3.8, 4) is 11.6 Å². The summed E-state index contributed by atoms with van der Waals surface area (Å²) in [6, 6.07) is 6.91. The predicted octanol–water partition coefficient (Wildman–Crippen LogP) is 3.11. The number of nitrogens with one attached hydrogen (secondary N) is 2. The quantitative estimate of drug-likeness (QED) is 0.157. The van der Waals surface area contributed by atoms with Crippen LogP contribution in [0, 0.1) is 6.92 Å². The zero-order chi connectivity index (χ0) is 30.5. The van der Waals surface area contributed by atoms with Crippen LogP contribution in [0.1, 0.15) is 57.2 Å². The second-order valence-electron chi connectivity index (χ2n) is 10.9. The molecule has 2 aliphatic carbocycles. The van der Waals surface area contributed by atoms with Gasteiger partial charge in [-0.1, -0.05) is 12.6 Å². The number of anilines is 1. The largest absolute Gasteiger partial charge is 0.437 e. The van der Waals surface area contributed by atoms with E-state index < -0.39 is 17.4 Å². The van der Waals surface area contributed by atoms with Crippen LogP contribution in [0.3, 0.4) is 0 Å². The Hall–Kier alpha value is -4.65. The van der Waals surface area contributed by atoms with Gasteiger partial charge in [0.25, 0.3) is 5.91 Å². The van der Waals surface area contributed by atoms with Crippen LogP contribution in [0.5, 0.6) is 11.6 Å². The molecule has 6 rings (SSSR count). The summed E-state index contributed by atoms with van der Waals surface area (Å²) in [4.78, 5) is 48.6. The highest BCUT2D eigenvalue weighted by Gasteiger charge is 2.49. The molecule has 11 nitrogen and oxygen atoms in total. The number of carbonyl (C=O) groups is 3. The number of aromatic nitrogens is 2. The van der Waals surface area contributed by atoms with Gasteiger partial charge in [-0.05, 0) is 61.6 Å². The standard InChI is InChI=1S/C31H31N7O4S/c1-3-22(39)37-20-7-4-8-21(20)38-30(41)28-25-24-17(9-10-19(32)27(24)43-28)31(34,29(40)26(25)33)18-14-36-23(12-15(18)2)42-16-6-5-11-35-13-16/h3,5-6,9-14,20-21,26H,1,4,7-8,32-34H2,2H3,(H,37,39)(H,38,41)/t20-,21+,26?,31?/m0/s1. The highest BCUT2D eigenvalue weighted by Crippen LogP contribution is 2.50. The van der Waals surface area contributed by atoms with E-state index in [-0.39, 0.29) is 23.9 Å². The summed E-state index contributed by atoms with van der Waals surface area (Å²) in [5.74, 6) is -0.317. The Kier molecular flexibility index (Phi) is 7.20. The number of benzene rings is 1. The van der Waals surface area contributed by atoms with Crippen molar-refractivity contribution in [3.05, 3.63) is 88.7 Å². The Balaban J connectivity index is 1.40. The molecule has 8 N–H and O–H groups in total. The first-order valence-electron chi connectivity index (χ1n) is 13.9. The number of ketones is 1. The van der Waals surface area contributed by atoms with E-state index >= 15 is 0 Å². The molecule has 2 aliphatic rings. The molecule has 0 saturated heterocycles. The smallest absolute Gasteiger partial charge is 0.262 e. The van der Waals surface area contributed by atoms with E-state index in [0.29, 0.717) is 61.0 Å². The number of pyridine rings is 2. The summed E-state index contributed by atoms with van der Waals surface area (Å²) in [7, 11) is 0. The third-order valence-corrected chi connectivity index (χ3v) is 9.49. The van der Waals surface area contributed by atoms with Crippen molar-refractivity contribution in [2.75, 3.05) is 5.73 Å². The summed E-state index contributed by atoms with van der Waals surface area (Å²) in [5, 5.41) is 6.54. The van der Waals surface area contributed by atoms with E-state index in [1.165, 1.54) is 23.6 Å². The van der Waals surface area contributed by atoms with Gasteiger partial charge in [0, 0.05) is 52.7 Å². The molecule has 0 aliphatic heterocycles. The van der Waals surface area contributed by atoms with Gasteiger partial charge in [0.2, 0.25) is 11.8 Å². The van der Waals surface area contributed by atoms with Gasteiger partial charge in [-0.2, -0.15) is 0 Å². The minimum atomic E-state index is -1.65. The zero-order valence-corrected chi connectivity index (χ0v) is 24.2. The number of hydrogen-bond donors (Lipinski definition) is 5. The summed E-state index contributed by atoms with van der Waals surface area (Å²) < 4.78 is 6.45. The minimum absolute atomic E-state index is 0.228. The fraction of sp³-hybridized carbons (Fsp3) is 0.258. The van der Waals surface area contributed by atoms with Crippen LogP contribution < -0.4 is 32.6 Å². The second-order valence-corrected chi connectivity index (χ2v) is 11.9. The summed E-state index contributed by atoms with van der Waals surface area (Å²) in [6.07, 6.45) is 8.22. The molecule has 2 amide bonds. The van der Waals surface area contributed by atoms with Crippen LogP contribution >= 0.6 is 11.3 Å². The van der Waals surface area contributed by atoms with Gasteiger partial charge >= 0.3 is 0 Å². The summed E-state index contributed by atoms with van der Waals surface area (Å²) >= 11 is 1.18. The number of aryl methyl sites for hydroxylation is 1. The van der Waals surface area contributed by atoms with Crippen molar-refractivity contribution in [2.24, 2.45) is 11.5 Å². The molecule has 2 unspecified atom stereocenters. The van der Waals surface area contributed by atoms with E-state index in [1.54, 1.807) is 42.7 Å². The second kappa shape index (κ2) is 10.9. The van der Waals surface area contributed by atoms with Crippen LogP contribution in [-0.2, 0) is 15.1 Å². The molecule has 3 heterocycles. The molecule has 220 valence electrons. The summed E-state index contributed by atoms with van der Waals surface area (Å²) in [5.41, 5.74) is 20.9. The van der Waals surface area contributed by atoms with Gasteiger partial charge in [0.1, 0.15) is 11.3 Å². The van der Waals surface area contributed by atoms with Crippen molar-refractivity contribution in [1.29, 1.82) is 0 Å². The van der Waals surface area contributed by atoms with E-state index in [1.807, 2.05) is 6.92 Å². The number of ether oxygens (including phenoxy) is 1. The fourth-order valence-corrected chi connectivity index (χ4v) is 7.34. The molecule has 3 aromatic heterocycles. The van der Waals surface area contributed by atoms with Crippen LogP contribution in [0.4, 0.5) is 5.69 Å². The first-order valence-corrected chi connectivity index (χ1v) is 14.7. The molecule has 1 aromatic carbocycles. The Labute approximate surface area is 251 Å². The number of rotatable bonds is 7. The number of nitrogens with zero attached hydrogens (tertiary/aromatic N) is 2. The zero-order valence-electron chi connectivity index (χ0n) is 23.4. The maximum atomic E-state index is 14.2. The van der Waals surface area contributed by atoms with Crippen molar-refractivity contribution in [3.63, 3.8) is 0 Å². The number of amides is 2. The average molecular weight is 598 g/mol. The SMILES string of the molecule is C=CC(=O)N[C@H]1CCC[C@H]1NC(=O)c1sc2c(N)ccc3c2c1C(N)C(=O)C3(N)c1cnc(Oc2cccnc2)cc1C. The Morgan fingerprint density at radius 1 is 1.16 bits per heavy atom. The molecule has 4 atom stereocenters. The molecule has 1 fully saturated rings. The van der Waals surface area contributed by atoms with E-state index in [9.17, 15) is 14.4 Å². The lowest BCUT2D eigenvalue weighted by Crippen LogP contribution is -2.53. The molecule has 0 bridgehead atoms. The molecular weight excluding hydrogens is 566 g/mol. The maximum Gasteiger partial charge on any atom is 0.262 e. The predicted molar refractivity (Wildman–Crippen MR) is 164 cm³/mol. The van der Waals surface area contributed by atoms with Crippen molar-refractivity contribution < 1.29 is 19.1 Å². The normalized spacial score (nSPS) is 22.8. The van der Waals surface area contributed by atoms with Gasteiger partial charge in [0.15, 0.2) is 5.78 Å². The number of nitrogens with two attached hydrogens (primary N) is 3. The Morgan fingerprint density at radius 2 is 1.93 bits per heavy atom. The summed E-state index contributed by atoms with van der Waals surface area (Å²) in [6.45, 7) is 5.32. The van der Waals surface area contributed by atoms with Crippen molar-refractivity contribution >= 4 is 44.7 Å². The number of carbonyl (C=O) groups excluding carboxylic acids is 3. The maximum absolute atomic E-state index is 14.2. The van der Waals surface area contributed by atoms with Crippen LogP contribution in [-0.4, -0.2) is 39.6 Å². The van der Waals surface area contributed by atoms with Crippen LogP contribution in [0.25, 0.3) is 10.1 Å². The van der Waals surface area contributed by atoms with E-state index in [2.05, 4.69) is 27.2 Å². The molecule has 0 spiro atoms. The van der Waals surface area contributed by atoms with Gasteiger partial charge in [-0.3, -0.25) is 19.4 Å². The third kappa shape index (κ3) is 4.73. The monoisotopic (exact) mass is 597 g/mol. The van der Waals surface area contributed by atoms with Gasteiger partial charge in [-0.25, -0.2) is 4.98 Å². The molecular formula is C31H31N7O4S. The number of thiophene rings is 1. The lowest BCUT2D eigenvalue weighted by atomic mass is 9.70. The Morgan fingerprint density at radius 3 is 2.63 bits per heavy atom. The first-order chi connectivity index (χ1) is 20.6. The first kappa shape index (κ1) is 28.5. The number of Topliss-reactive ketones (excluding diaryl/α,β-unsaturated/α-hetero) is 1. The molecule has 12 heteroatoms. The van der Waals surface area contributed by atoms with E-state index in [4.69, 9.17) is 21.9 Å². The molecule has 0 radical (unpaired) electrons. The average Bonchev–Trinajstić information content (AvgIpc) is 3.61. The fourth-order valence-electron chi connectivity index (χ4n) is 6.14. The van der Waals surface area contributed by atoms with Gasteiger partial charge in [-0.15, -0.1) is 11.3 Å². The van der Waals surface area contributed by atoms with Gasteiger partial charge in [0.05, 0.1) is 21.8 Å². The highest BCUT2D eigenvalue weighted by atomic mass is 32.1. The van der Waals surface area contributed by atoms with E-state index in [0.717, 1.165) is 12.8 Å². The number of hydrogen-bond acceptors (Lipinski definition) is 10. The molecule has 4 aromatic rings. The third-order valence-electron chi connectivity index (χ3n) is 8.23. The van der Waals surface area contributed by atoms with Crippen LogP contribution in [0.2, 0.25) is 0 Å². The van der Waals surface area contributed by atoms with Gasteiger partial charge < -0.3 is 32.6 Å². The Bertz CT molecular complexity index is 1790. The van der Waals surface area contributed by atoms with Crippen LogP contribution in [0.15, 0.2) is 61.6 Å². The van der Waals surface area contributed by atoms with Crippen molar-refractivity contribution in [2.45, 2.75) is 49.9 Å². The lowest BCUT2D eigenvalue weighted by Gasteiger charge is -2.37. The minimum Gasteiger partial charge on any atom is -0.437 e. The topological polar surface area (TPSA) is 188 Å². The molecule has 1 saturated carbocycles. The highest BCUT2D eigenvalue weighted by molar-refractivity contribution is 7.21. The lowest BCUT2D eigenvalue weighted by molar-refractivity contribution is -0.124.